The topological polar surface area (TPSA) is 214 Å². The Hall–Kier alpha value is -0.650. The summed E-state index contributed by atoms with van der Waals surface area (Å²) in [6.45, 7) is 0. The lowest BCUT2D eigenvalue weighted by molar-refractivity contribution is 0.338. The summed E-state index contributed by atoms with van der Waals surface area (Å²) in [5, 5.41) is 55.6. The fraction of sp³-hybridized carbons (Fsp3) is 0. The molecule has 10 nitrogen and oxygen atoms in total. The molecule has 120 valence electrons. The Morgan fingerprint density at radius 3 is 0.600 bits per heavy atom. The van der Waals surface area contributed by atoms with Crippen molar-refractivity contribution in [1.82, 2.24) is 0 Å². The summed E-state index contributed by atoms with van der Waals surface area (Å²) in [6, 6.07) is 0. The third kappa shape index (κ3) is 11000. The van der Waals surface area contributed by atoms with E-state index < -0.39 is 29.6 Å². The molecular formula is CH12B4F4N2O8S. The minimum absolute atomic E-state index is 0.000000000000000222. The van der Waals surface area contributed by atoms with E-state index in [1.807, 2.05) is 0 Å². The summed E-state index contributed by atoms with van der Waals surface area (Å²) >= 11 is 4.09. The van der Waals surface area contributed by atoms with Crippen LogP contribution in [0.2, 0.25) is 0 Å². The van der Waals surface area contributed by atoms with E-state index in [2.05, 4.69) is 23.7 Å². The van der Waals surface area contributed by atoms with Crippen molar-refractivity contribution in [1.29, 1.82) is 0 Å². The monoisotopic (exact) mass is 332 g/mol. The summed E-state index contributed by atoms with van der Waals surface area (Å²) in [4.78, 5) is 0. The first-order chi connectivity index (χ1) is 8.66. The third-order valence-corrected chi connectivity index (χ3v) is 0. The Labute approximate surface area is 117 Å². The van der Waals surface area contributed by atoms with Crippen LogP contribution in [0.15, 0.2) is 0 Å². The first-order valence-corrected chi connectivity index (χ1v) is 4.13. The molecule has 0 aromatic rings. The van der Waals surface area contributed by atoms with Gasteiger partial charge in [0.15, 0.2) is 5.11 Å². The molecule has 0 rings (SSSR count). The Balaban J connectivity index is -0.0000000469. The third-order valence-electron chi connectivity index (χ3n) is 0. The second-order valence-corrected chi connectivity index (χ2v) is 2.12. The summed E-state index contributed by atoms with van der Waals surface area (Å²) in [5.41, 5.74) is 9.24. The van der Waals surface area contributed by atoms with Gasteiger partial charge in [0, 0.05) is 0 Å². The first-order valence-electron chi connectivity index (χ1n) is 3.72. The molecule has 0 aliphatic heterocycles. The molecule has 0 amide bonds. The Morgan fingerprint density at radius 2 is 0.600 bits per heavy atom. The molecule has 0 unspecified atom stereocenters. The van der Waals surface area contributed by atoms with Crippen LogP contribution in [0, 0.1) is 0 Å². The predicted octanol–water partition coefficient (Wildman–Crippen LogP) is -5.11. The van der Waals surface area contributed by atoms with Crippen LogP contribution in [0.25, 0.3) is 0 Å². The van der Waals surface area contributed by atoms with Crippen LogP contribution in [0.3, 0.4) is 0 Å². The maximum atomic E-state index is 10.1. The molecule has 12 N–H and O–H groups in total. The van der Waals surface area contributed by atoms with E-state index in [1.165, 1.54) is 0 Å². The zero-order valence-corrected chi connectivity index (χ0v) is 10.3. The first kappa shape index (κ1) is 31.6. The lowest BCUT2D eigenvalue weighted by Crippen LogP contribution is -2.18. The van der Waals surface area contributed by atoms with Gasteiger partial charge in [0.05, 0.1) is 0 Å². The zero-order chi connectivity index (χ0) is 17.9. The quantitative estimate of drug-likeness (QED) is 0.115. The molecule has 0 aromatic heterocycles. The second-order valence-electron chi connectivity index (χ2n) is 1.64. The van der Waals surface area contributed by atoms with Gasteiger partial charge in [0.25, 0.3) is 0 Å². The Kier molecular flexibility index (Phi) is 42.4. The largest absolute Gasteiger partial charge is 0.674 e. The average Bonchev–Trinajstić information content (AvgIpc) is 1.94. The summed E-state index contributed by atoms with van der Waals surface area (Å²) in [7, 11) is -10.7. The van der Waals surface area contributed by atoms with Crippen molar-refractivity contribution >= 4 is 46.9 Å². The molecular weight excluding hydrogens is 319 g/mol. The summed E-state index contributed by atoms with van der Waals surface area (Å²) in [6.07, 6.45) is 0. The molecule has 0 heterocycles. The number of rotatable bonds is 0. The van der Waals surface area contributed by atoms with Gasteiger partial charge in [-0.2, -0.15) is 0 Å². The van der Waals surface area contributed by atoms with Crippen molar-refractivity contribution in [2.75, 3.05) is 0 Å². The average molecular weight is 331 g/mol. The van der Waals surface area contributed by atoms with Gasteiger partial charge in [-0.1, -0.05) is 0 Å². The molecule has 0 fully saturated rings. The van der Waals surface area contributed by atoms with E-state index in [0.29, 0.717) is 0 Å². The van der Waals surface area contributed by atoms with Gasteiger partial charge in [0.1, 0.15) is 0 Å². The van der Waals surface area contributed by atoms with E-state index >= 15 is 0 Å². The van der Waals surface area contributed by atoms with E-state index in [-0.39, 0.29) is 5.11 Å². The van der Waals surface area contributed by atoms with Crippen LogP contribution in [-0.2, 0) is 0 Å². The molecule has 0 saturated heterocycles. The molecule has 0 aliphatic rings. The second kappa shape index (κ2) is 26.8. The van der Waals surface area contributed by atoms with Crippen LogP contribution in [0.5, 0.6) is 0 Å². The zero-order valence-electron chi connectivity index (χ0n) is 9.46. The van der Waals surface area contributed by atoms with Crippen LogP contribution < -0.4 is 11.5 Å². The highest BCUT2D eigenvalue weighted by molar-refractivity contribution is 7.80. The molecule has 0 aromatic carbocycles. The van der Waals surface area contributed by atoms with Crippen LogP contribution >= 0.6 is 12.2 Å². The molecule has 20 heavy (non-hydrogen) atoms. The van der Waals surface area contributed by atoms with E-state index in [0.717, 1.165) is 0 Å². The Bertz CT molecular complexity index is 144. The van der Waals surface area contributed by atoms with Gasteiger partial charge in [-0.15, -0.1) is 0 Å². The standard InChI is InChI=1S/CH4N2S.4BFH2O2/c5*2-1(3)4/h(H4,2,3,4);4*3-4H. The maximum Gasteiger partial charge on any atom is 0.674 e. The number of hydrogen-bond donors (Lipinski definition) is 10. The van der Waals surface area contributed by atoms with Crippen LogP contribution in [-0.4, -0.2) is 74.9 Å². The highest BCUT2D eigenvalue weighted by atomic mass is 32.1. The van der Waals surface area contributed by atoms with Gasteiger partial charge in [-0.05, 0) is 12.2 Å². The number of nitrogens with two attached hydrogens (primary N) is 2. The molecule has 0 radical (unpaired) electrons. The molecule has 0 saturated carbocycles. The molecule has 0 atom stereocenters. The lowest BCUT2D eigenvalue weighted by Gasteiger charge is -1.68. The number of hydrogen-bond acceptors (Lipinski definition) is 9. The van der Waals surface area contributed by atoms with E-state index in [4.69, 9.17) is 40.2 Å². The van der Waals surface area contributed by atoms with Gasteiger partial charge < -0.3 is 51.7 Å². The van der Waals surface area contributed by atoms with Crippen molar-refractivity contribution in [2.45, 2.75) is 0 Å². The van der Waals surface area contributed by atoms with Crippen LogP contribution in [0.4, 0.5) is 17.3 Å². The number of thiocarbonyl (C=S) groups is 1. The Morgan fingerprint density at radius 1 is 0.600 bits per heavy atom. The highest BCUT2D eigenvalue weighted by Gasteiger charge is 1.98. The van der Waals surface area contributed by atoms with Crippen molar-refractivity contribution in [3.63, 3.8) is 0 Å². The summed E-state index contributed by atoms with van der Waals surface area (Å²) in [5.74, 6) is 0. The van der Waals surface area contributed by atoms with Gasteiger partial charge in [0.2, 0.25) is 0 Å². The highest BCUT2D eigenvalue weighted by Crippen LogP contribution is 1.58. The van der Waals surface area contributed by atoms with Gasteiger partial charge in [-0.25, -0.2) is 0 Å². The minimum Gasteiger partial charge on any atom is -0.398 e. The van der Waals surface area contributed by atoms with E-state index in [1.54, 1.807) is 0 Å². The lowest BCUT2D eigenvalue weighted by atomic mass is 10.3. The smallest absolute Gasteiger partial charge is 0.398 e. The predicted molar refractivity (Wildman–Crippen MR) is 66.2 cm³/mol. The van der Waals surface area contributed by atoms with Crippen LogP contribution in [0.1, 0.15) is 0 Å². The van der Waals surface area contributed by atoms with Crippen molar-refractivity contribution in [2.24, 2.45) is 11.5 Å². The van der Waals surface area contributed by atoms with Crippen molar-refractivity contribution < 1.29 is 57.5 Å². The van der Waals surface area contributed by atoms with Gasteiger partial charge >= 0.3 is 29.6 Å². The molecule has 0 aliphatic carbocycles. The molecule has 0 bridgehead atoms. The fourth-order valence-corrected chi connectivity index (χ4v) is 0. The molecule has 0 spiro atoms. The maximum absolute atomic E-state index is 10.1. The SMILES string of the molecule is NC(N)=S.OB(O)F.OB(O)F.OB(O)F.OB(O)F. The fourth-order valence-electron chi connectivity index (χ4n) is 0. The van der Waals surface area contributed by atoms with Crippen molar-refractivity contribution in [3.8, 4) is 0 Å². The molecule has 19 heteroatoms. The summed E-state index contributed by atoms with van der Waals surface area (Å²) < 4.78 is 40.4. The van der Waals surface area contributed by atoms with Gasteiger partial charge in [-0.3, -0.25) is 17.3 Å². The van der Waals surface area contributed by atoms with E-state index in [9.17, 15) is 17.3 Å². The van der Waals surface area contributed by atoms with Crippen molar-refractivity contribution in [3.05, 3.63) is 0 Å². The normalized spacial score (nSPS) is 6.60. The number of halogens is 4. The minimum atomic E-state index is -2.67.